The number of carboxylic acid groups (broad SMARTS) is 1. The maximum atomic E-state index is 10.6. The van der Waals surface area contributed by atoms with E-state index < -0.39 is 12.1 Å². The van der Waals surface area contributed by atoms with Gasteiger partial charge in [0.15, 0.2) is 0 Å². The second-order valence-electron chi connectivity index (χ2n) is 8.41. The Kier molecular flexibility index (Phi) is 9.10. The van der Waals surface area contributed by atoms with Crippen LogP contribution in [0.5, 0.6) is 0 Å². The van der Waals surface area contributed by atoms with E-state index in [9.17, 15) is 13.2 Å². The largest absolute Gasteiger partial charge is 0.490 e. The lowest BCUT2D eigenvalue weighted by Crippen LogP contribution is -2.56. The second kappa shape index (κ2) is 11.8. The van der Waals surface area contributed by atoms with Crippen LogP contribution in [0.15, 0.2) is 42.9 Å². The van der Waals surface area contributed by atoms with Crippen LogP contribution in [-0.4, -0.2) is 76.5 Å². The number of ether oxygens (including phenoxy) is 1. The minimum Gasteiger partial charge on any atom is -0.475 e. The van der Waals surface area contributed by atoms with Crippen molar-refractivity contribution in [2.24, 2.45) is 0 Å². The van der Waals surface area contributed by atoms with Crippen molar-refractivity contribution >= 4 is 23.4 Å². The van der Waals surface area contributed by atoms with Gasteiger partial charge in [0.25, 0.3) is 0 Å². The van der Waals surface area contributed by atoms with Gasteiger partial charge in [-0.2, -0.15) is 13.2 Å². The van der Waals surface area contributed by atoms with Gasteiger partial charge in [-0.15, -0.1) is 0 Å². The Morgan fingerprint density at radius 1 is 1.21 bits per heavy atom. The third-order valence-corrected chi connectivity index (χ3v) is 6.20. The molecule has 2 aliphatic rings. The highest BCUT2D eigenvalue weighted by atomic mass is 35.5. The van der Waals surface area contributed by atoms with Gasteiger partial charge < -0.3 is 14.7 Å². The molecule has 34 heavy (non-hydrogen) atoms. The normalized spacial score (nSPS) is 22.1. The molecule has 11 heteroatoms. The third kappa shape index (κ3) is 7.54. The van der Waals surface area contributed by atoms with Gasteiger partial charge in [0.05, 0.1) is 18.9 Å². The van der Waals surface area contributed by atoms with E-state index in [2.05, 4.69) is 38.8 Å². The predicted molar refractivity (Wildman–Crippen MR) is 122 cm³/mol. The van der Waals surface area contributed by atoms with Crippen molar-refractivity contribution in [3.63, 3.8) is 0 Å². The molecule has 0 bridgehead atoms. The first-order valence-corrected chi connectivity index (χ1v) is 11.4. The van der Waals surface area contributed by atoms with Gasteiger partial charge in [-0.3, -0.25) is 9.88 Å². The highest BCUT2D eigenvalue weighted by molar-refractivity contribution is 6.30. The molecule has 2 aliphatic heterocycles. The van der Waals surface area contributed by atoms with Crippen molar-refractivity contribution in [1.82, 2.24) is 14.9 Å². The van der Waals surface area contributed by atoms with Gasteiger partial charge in [0.1, 0.15) is 5.82 Å². The van der Waals surface area contributed by atoms with Crippen molar-refractivity contribution in [3.05, 3.63) is 53.4 Å². The number of aromatic nitrogens is 2. The zero-order valence-corrected chi connectivity index (χ0v) is 19.5. The third-order valence-electron chi connectivity index (χ3n) is 5.94. The average molecular weight is 501 g/mol. The molecule has 0 aliphatic carbocycles. The molecule has 2 fully saturated rings. The van der Waals surface area contributed by atoms with E-state index in [1.807, 2.05) is 18.3 Å². The minimum atomic E-state index is -5.08. The number of morpholine rings is 1. The molecule has 186 valence electrons. The van der Waals surface area contributed by atoms with Crippen molar-refractivity contribution < 1.29 is 27.8 Å². The molecule has 2 saturated heterocycles. The summed E-state index contributed by atoms with van der Waals surface area (Å²) in [6, 6.07) is 9.25. The lowest BCUT2D eigenvalue weighted by Gasteiger charge is -2.46. The van der Waals surface area contributed by atoms with Crippen LogP contribution < -0.4 is 4.90 Å². The Morgan fingerprint density at radius 3 is 2.41 bits per heavy atom. The van der Waals surface area contributed by atoms with E-state index in [1.54, 1.807) is 12.4 Å². The summed E-state index contributed by atoms with van der Waals surface area (Å²) < 4.78 is 37.7. The quantitative estimate of drug-likeness (QED) is 0.678. The number of carboxylic acids is 1. The molecule has 1 aromatic heterocycles. The number of rotatable bonds is 4. The van der Waals surface area contributed by atoms with Crippen LogP contribution in [0, 0.1) is 0 Å². The summed E-state index contributed by atoms with van der Waals surface area (Å²) in [6.45, 7) is 6.05. The molecule has 0 unspecified atom stereocenters. The van der Waals surface area contributed by atoms with Gasteiger partial charge in [-0.05, 0) is 43.9 Å². The Bertz CT molecular complexity index is 910. The van der Waals surface area contributed by atoms with Crippen LogP contribution in [0.4, 0.5) is 19.0 Å². The monoisotopic (exact) mass is 500 g/mol. The molecule has 0 amide bonds. The SMILES string of the molecule is C[C@H]1CN(C2CCN(c3cnccn3)CC2)[C@@H](Cc2ccc(Cl)cc2)CO1.O=C(O)C(F)(F)F. The number of nitrogens with zero attached hydrogens (tertiary/aromatic N) is 4. The number of benzene rings is 1. The summed E-state index contributed by atoms with van der Waals surface area (Å²) >= 11 is 6.04. The fourth-order valence-corrected chi connectivity index (χ4v) is 4.39. The van der Waals surface area contributed by atoms with E-state index in [0.717, 1.165) is 56.3 Å². The number of aliphatic carboxylic acids is 1. The van der Waals surface area contributed by atoms with Crippen molar-refractivity contribution in [2.45, 2.75) is 50.6 Å². The fourth-order valence-electron chi connectivity index (χ4n) is 4.27. The summed E-state index contributed by atoms with van der Waals surface area (Å²) in [5.74, 6) is -1.77. The maximum absolute atomic E-state index is 10.6. The summed E-state index contributed by atoms with van der Waals surface area (Å²) in [5, 5.41) is 7.92. The molecule has 2 atom stereocenters. The second-order valence-corrected chi connectivity index (χ2v) is 8.85. The van der Waals surface area contributed by atoms with E-state index >= 15 is 0 Å². The molecule has 3 heterocycles. The van der Waals surface area contributed by atoms with Crippen molar-refractivity contribution in [1.29, 1.82) is 0 Å². The maximum Gasteiger partial charge on any atom is 0.490 e. The van der Waals surface area contributed by atoms with Gasteiger partial charge in [0.2, 0.25) is 0 Å². The Hall–Kier alpha value is -2.43. The van der Waals surface area contributed by atoms with Gasteiger partial charge in [0, 0.05) is 49.1 Å². The van der Waals surface area contributed by atoms with Gasteiger partial charge in [-0.25, -0.2) is 9.78 Å². The predicted octanol–water partition coefficient (Wildman–Crippen LogP) is 4.06. The molecule has 0 radical (unpaired) electrons. The molecule has 2 aromatic rings. The van der Waals surface area contributed by atoms with Crippen LogP contribution in [0.3, 0.4) is 0 Å². The summed E-state index contributed by atoms with van der Waals surface area (Å²) in [7, 11) is 0. The molecule has 7 nitrogen and oxygen atoms in total. The molecule has 4 rings (SSSR count). The Labute approximate surface area is 201 Å². The van der Waals surface area contributed by atoms with Crippen LogP contribution in [0.25, 0.3) is 0 Å². The molecule has 0 spiro atoms. The molecular formula is C23H28ClF3N4O3. The van der Waals surface area contributed by atoms with Crippen LogP contribution in [0.1, 0.15) is 25.3 Å². The first kappa shape index (κ1) is 26.2. The number of piperidine rings is 1. The lowest BCUT2D eigenvalue weighted by molar-refractivity contribution is -0.192. The Balaban J connectivity index is 0.000000406. The summed E-state index contributed by atoms with van der Waals surface area (Å²) in [6.07, 6.45) is 3.89. The smallest absolute Gasteiger partial charge is 0.475 e. The molecule has 1 N–H and O–H groups in total. The van der Waals surface area contributed by atoms with Crippen molar-refractivity contribution in [2.75, 3.05) is 31.1 Å². The molecular weight excluding hydrogens is 473 g/mol. The number of hydrogen-bond acceptors (Lipinski definition) is 6. The van der Waals surface area contributed by atoms with Crippen LogP contribution in [0.2, 0.25) is 5.02 Å². The Morgan fingerprint density at radius 2 is 1.85 bits per heavy atom. The topological polar surface area (TPSA) is 78.8 Å². The van der Waals surface area contributed by atoms with Gasteiger partial charge in [-0.1, -0.05) is 23.7 Å². The highest BCUT2D eigenvalue weighted by Gasteiger charge is 2.38. The molecule has 1 aromatic carbocycles. The zero-order valence-electron chi connectivity index (χ0n) is 18.8. The van der Waals surface area contributed by atoms with Crippen LogP contribution >= 0.6 is 11.6 Å². The van der Waals surface area contributed by atoms with E-state index in [-0.39, 0.29) is 0 Å². The number of alkyl halides is 3. The van der Waals surface area contributed by atoms with E-state index in [1.165, 1.54) is 5.56 Å². The fraction of sp³-hybridized carbons (Fsp3) is 0.522. The van der Waals surface area contributed by atoms with E-state index in [4.69, 9.17) is 26.2 Å². The highest BCUT2D eigenvalue weighted by Crippen LogP contribution is 2.26. The van der Waals surface area contributed by atoms with E-state index in [0.29, 0.717) is 18.2 Å². The van der Waals surface area contributed by atoms with Crippen molar-refractivity contribution in [3.8, 4) is 0 Å². The first-order valence-electron chi connectivity index (χ1n) is 11.1. The summed E-state index contributed by atoms with van der Waals surface area (Å²) in [4.78, 5) is 22.6. The number of hydrogen-bond donors (Lipinski definition) is 1. The standard InChI is InChI=1S/C21H27ClN4O.C2HF3O2/c1-16-14-26(20(15-27-16)12-17-2-4-18(22)5-3-17)19-6-10-25(11-7-19)21-13-23-8-9-24-21;3-2(4,5)1(6)7/h2-5,8-9,13,16,19-20H,6-7,10-12,14-15H2,1H3;(H,6,7)/t16-,20-;/m0./s1. The zero-order chi connectivity index (χ0) is 24.7. The number of halogens is 4. The average Bonchev–Trinajstić information content (AvgIpc) is 2.82. The minimum absolute atomic E-state index is 0.296. The number of anilines is 1. The first-order chi connectivity index (χ1) is 16.1. The molecule has 0 saturated carbocycles. The number of carbonyl (C=O) groups is 1. The lowest BCUT2D eigenvalue weighted by atomic mass is 9.96. The van der Waals surface area contributed by atoms with Crippen LogP contribution in [-0.2, 0) is 16.0 Å². The summed E-state index contributed by atoms with van der Waals surface area (Å²) in [5.41, 5.74) is 1.32. The van der Waals surface area contributed by atoms with Gasteiger partial charge >= 0.3 is 12.1 Å².